The van der Waals surface area contributed by atoms with Crippen molar-refractivity contribution in [3.05, 3.63) is 102 Å². The van der Waals surface area contributed by atoms with Gasteiger partial charge in [0.1, 0.15) is 17.2 Å². The summed E-state index contributed by atoms with van der Waals surface area (Å²) in [6, 6.07) is 22.2. The number of oxazole rings is 1. The molecule has 1 saturated heterocycles. The van der Waals surface area contributed by atoms with Gasteiger partial charge in [-0.2, -0.15) is 0 Å². The monoisotopic (exact) mass is 716 g/mol. The first-order valence-electron chi connectivity index (χ1n) is 17.0. The topological polar surface area (TPSA) is 165 Å². The predicted octanol–water partition coefficient (Wildman–Crippen LogP) is 4.88. The highest BCUT2D eigenvalue weighted by Crippen LogP contribution is 2.21. The van der Waals surface area contributed by atoms with Gasteiger partial charge < -0.3 is 24.7 Å². The lowest BCUT2D eigenvalue weighted by atomic mass is 9.95. The second kappa shape index (κ2) is 16.3. The SMILES string of the molecule is CC(C)(C)OC(=O)N1CCC(C(=O)N[C@@H](CS(=O)(=O)Cc2ccccc2)C(=O)N[C@@H](CCc2ccccc2)C(=O)c2nc3ccccc3o2)CC1. The van der Waals surface area contributed by atoms with Crippen LogP contribution in [0.2, 0.25) is 0 Å². The molecule has 2 atom stereocenters. The van der Waals surface area contributed by atoms with Crippen molar-refractivity contribution in [2.75, 3.05) is 18.8 Å². The molecule has 51 heavy (non-hydrogen) atoms. The van der Waals surface area contributed by atoms with Gasteiger partial charge in [0.15, 0.2) is 15.4 Å². The van der Waals surface area contributed by atoms with Gasteiger partial charge in [-0.25, -0.2) is 18.2 Å². The summed E-state index contributed by atoms with van der Waals surface area (Å²) in [6.45, 7) is 5.84. The van der Waals surface area contributed by atoms with E-state index in [9.17, 15) is 27.6 Å². The maximum atomic E-state index is 14.0. The first kappa shape index (κ1) is 37.2. The van der Waals surface area contributed by atoms with Crippen LogP contribution in [0.25, 0.3) is 11.1 Å². The average Bonchev–Trinajstić information content (AvgIpc) is 3.54. The Kier molecular flexibility index (Phi) is 11.9. The number of likely N-dealkylation sites (tertiary alicyclic amines) is 1. The molecule has 12 nitrogen and oxygen atoms in total. The zero-order valence-corrected chi connectivity index (χ0v) is 29.9. The number of rotatable bonds is 13. The summed E-state index contributed by atoms with van der Waals surface area (Å²) in [5.41, 5.74) is 1.67. The minimum absolute atomic E-state index is 0.161. The molecule has 2 N–H and O–H groups in total. The second-order valence-corrected chi connectivity index (χ2v) is 15.9. The number of carbonyl (C=O) groups is 4. The van der Waals surface area contributed by atoms with E-state index in [1.54, 1.807) is 75.4 Å². The standard InChI is InChI=1S/C38H44N4O8S/c1-38(2,3)50-37(46)42-22-20-28(21-23-42)34(44)40-31(25-51(47,48)24-27-14-8-5-9-15-27)35(45)39-30(19-18-26-12-6-4-7-13-26)33(43)36-41-29-16-10-11-17-32(29)49-36/h4-17,28,30-31H,18-25H2,1-3H3,(H,39,45)(H,40,44)/t30-,31-/m0/s1. The molecule has 0 saturated carbocycles. The highest BCUT2D eigenvalue weighted by Gasteiger charge is 2.35. The van der Waals surface area contributed by atoms with Crippen LogP contribution in [0.5, 0.6) is 0 Å². The van der Waals surface area contributed by atoms with E-state index in [0.717, 1.165) is 5.56 Å². The molecule has 2 heterocycles. The Morgan fingerprint density at radius 3 is 2.10 bits per heavy atom. The fourth-order valence-electron chi connectivity index (χ4n) is 5.89. The van der Waals surface area contributed by atoms with Gasteiger partial charge in [-0.05, 0) is 69.7 Å². The molecule has 0 spiro atoms. The van der Waals surface area contributed by atoms with Crippen LogP contribution >= 0.6 is 0 Å². The van der Waals surface area contributed by atoms with Crippen LogP contribution in [-0.2, 0) is 36.3 Å². The Bertz CT molecular complexity index is 1900. The zero-order chi connectivity index (χ0) is 36.6. The number of amides is 3. The zero-order valence-electron chi connectivity index (χ0n) is 29.0. The van der Waals surface area contributed by atoms with E-state index in [2.05, 4.69) is 15.6 Å². The van der Waals surface area contributed by atoms with Gasteiger partial charge in [-0.15, -0.1) is 0 Å². The Morgan fingerprint density at radius 2 is 1.47 bits per heavy atom. The number of aromatic nitrogens is 1. The van der Waals surface area contributed by atoms with Crippen molar-refractivity contribution in [3.63, 3.8) is 0 Å². The van der Waals surface area contributed by atoms with Crippen molar-refractivity contribution < 1.29 is 36.7 Å². The number of hydrogen-bond acceptors (Lipinski definition) is 9. The van der Waals surface area contributed by atoms with Crippen molar-refractivity contribution in [2.45, 2.75) is 69.9 Å². The first-order valence-corrected chi connectivity index (χ1v) is 18.9. The molecule has 1 fully saturated rings. The molecule has 3 amide bonds. The van der Waals surface area contributed by atoms with Crippen molar-refractivity contribution >= 4 is 44.6 Å². The molecule has 0 bridgehead atoms. The lowest BCUT2D eigenvalue weighted by Crippen LogP contribution is -2.56. The van der Waals surface area contributed by atoms with Crippen molar-refractivity contribution in [1.82, 2.24) is 20.5 Å². The second-order valence-electron chi connectivity index (χ2n) is 13.8. The number of nitrogens with zero attached hydrogens (tertiary/aromatic N) is 2. The summed E-state index contributed by atoms with van der Waals surface area (Å²) in [4.78, 5) is 59.9. The largest absolute Gasteiger partial charge is 0.444 e. The summed E-state index contributed by atoms with van der Waals surface area (Å²) in [5.74, 6) is -3.73. The number of ketones is 1. The molecule has 0 unspecified atom stereocenters. The molecular weight excluding hydrogens is 673 g/mol. The molecule has 13 heteroatoms. The van der Waals surface area contributed by atoms with Crippen molar-refractivity contribution in [1.29, 1.82) is 0 Å². The number of sulfone groups is 1. The number of ether oxygens (including phenoxy) is 1. The van der Waals surface area contributed by atoms with E-state index < -0.39 is 62.9 Å². The lowest BCUT2D eigenvalue weighted by molar-refractivity contribution is -0.131. The molecule has 0 aliphatic carbocycles. The van der Waals surface area contributed by atoms with Gasteiger partial charge in [0.25, 0.3) is 5.89 Å². The fraction of sp³-hybridized carbons (Fsp3) is 0.395. The summed E-state index contributed by atoms with van der Waals surface area (Å²) in [6.07, 6.45) is 0.694. The maximum Gasteiger partial charge on any atom is 0.410 e. The molecular formula is C38H44N4O8S. The highest BCUT2D eigenvalue weighted by molar-refractivity contribution is 7.90. The number of Topliss-reactive ketones (excluding diaryl/α,β-unsaturated/α-hetero) is 1. The summed E-state index contributed by atoms with van der Waals surface area (Å²) >= 11 is 0. The number of carbonyl (C=O) groups excluding carboxylic acids is 4. The maximum absolute atomic E-state index is 14.0. The van der Waals surface area contributed by atoms with Crippen molar-refractivity contribution in [3.8, 4) is 0 Å². The third kappa shape index (κ3) is 10.7. The van der Waals surface area contributed by atoms with Gasteiger partial charge in [-0.3, -0.25) is 14.4 Å². The average molecular weight is 717 g/mol. The van der Waals surface area contributed by atoms with Crippen LogP contribution in [0.4, 0.5) is 4.79 Å². The van der Waals surface area contributed by atoms with Crippen LogP contribution in [-0.4, -0.2) is 78.5 Å². The molecule has 5 rings (SSSR count). The third-order valence-corrected chi connectivity index (χ3v) is 10.1. The van der Waals surface area contributed by atoms with Gasteiger partial charge >= 0.3 is 6.09 Å². The van der Waals surface area contributed by atoms with Gasteiger partial charge in [-0.1, -0.05) is 72.8 Å². The molecule has 0 radical (unpaired) electrons. The van der Waals surface area contributed by atoms with E-state index >= 15 is 0 Å². The number of aryl methyl sites for hydroxylation is 1. The number of piperidine rings is 1. The number of para-hydroxylation sites is 2. The van der Waals surface area contributed by atoms with Gasteiger partial charge in [0.2, 0.25) is 17.6 Å². The number of fused-ring (bicyclic) bond motifs is 1. The van der Waals surface area contributed by atoms with E-state index in [4.69, 9.17) is 9.15 Å². The first-order chi connectivity index (χ1) is 24.3. The minimum Gasteiger partial charge on any atom is -0.444 e. The van der Waals surface area contributed by atoms with Gasteiger partial charge in [0, 0.05) is 19.0 Å². The van der Waals surface area contributed by atoms with Crippen LogP contribution in [0, 0.1) is 5.92 Å². The minimum atomic E-state index is -3.93. The Morgan fingerprint density at radius 1 is 0.863 bits per heavy atom. The van der Waals surface area contributed by atoms with Crippen LogP contribution in [0.15, 0.2) is 89.3 Å². The van der Waals surface area contributed by atoms with Crippen molar-refractivity contribution in [2.24, 2.45) is 5.92 Å². The molecule has 270 valence electrons. The molecule has 4 aromatic rings. The molecule has 1 aromatic heterocycles. The molecule has 1 aliphatic rings. The van der Waals surface area contributed by atoms with Crippen LogP contribution in [0.3, 0.4) is 0 Å². The van der Waals surface area contributed by atoms with E-state index in [0.29, 0.717) is 35.9 Å². The summed E-state index contributed by atoms with van der Waals surface area (Å²) in [7, 11) is -3.93. The smallest absolute Gasteiger partial charge is 0.410 e. The van der Waals surface area contributed by atoms with Crippen LogP contribution in [0.1, 0.15) is 61.8 Å². The predicted molar refractivity (Wildman–Crippen MR) is 191 cm³/mol. The Balaban J connectivity index is 1.35. The number of nitrogens with one attached hydrogen (secondary N) is 2. The highest BCUT2D eigenvalue weighted by atomic mass is 32.2. The van der Waals surface area contributed by atoms with E-state index in [-0.39, 0.29) is 31.2 Å². The van der Waals surface area contributed by atoms with E-state index in [1.165, 1.54) is 4.90 Å². The Labute approximate surface area is 297 Å². The summed E-state index contributed by atoms with van der Waals surface area (Å²) in [5, 5.41) is 5.41. The normalized spacial score (nSPS) is 15.2. The Hall–Kier alpha value is -5.04. The molecule has 3 aromatic carbocycles. The third-order valence-electron chi connectivity index (χ3n) is 8.50. The number of hydrogen-bond donors (Lipinski definition) is 2. The quantitative estimate of drug-likeness (QED) is 0.184. The summed E-state index contributed by atoms with van der Waals surface area (Å²) < 4.78 is 38.1. The van der Waals surface area contributed by atoms with E-state index in [1.807, 2.05) is 30.3 Å². The number of benzene rings is 3. The fourth-order valence-corrected chi connectivity index (χ4v) is 7.45. The van der Waals surface area contributed by atoms with Gasteiger partial charge in [0.05, 0.1) is 17.5 Å². The molecule has 1 aliphatic heterocycles. The van der Waals surface area contributed by atoms with Crippen LogP contribution < -0.4 is 10.6 Å². The lowest BCUT2D eigenvalue weighted by Gasteiger charge is -2.33.